The molecule has 3 aliphatic rings. The Hall–Kier alpha value is -2.28. The van der Waals surface area contributed by atoms with Gasteiger partial charge < -0.3 is 14.8 Å². The first-order valence-electron chi connectivity index (χ1n) is 10.2. The average Bonchev–Trinajstić information content (AvgIpc) is 3.27. The van der Waals surface area contributed by atoms with Crippen molar-refractivity contribution in [3.8, 4) is 11.5 Å². The van der Waals surface area contributed by atoms with Gasteiger partial charge in [0, 0.05) is 18.2 Å². The second-order valence-electron chi connectivity index (χ2n) is 8.03. The predicted octanol–water partition coefficient (Wildman–Crippen LogP) is 3.05. The highest BCUT2D eigenvalue weighted by Gasteiger charge is 2.52. The number of hydrogen-bond donors (Lipinski definition) is 1. The van der Waals surface area contributed by atoms with Crippen LogP contribution in [-0.4, -0.2) is 54.7 Å². The summed E-state index contributed by atoms with van der Waals surface area (Å²) in [4.78, 5) is 29.4. The van der Waals surface area contributed by atoms with E-state index >= 15 is 0 Å². The lowest BCUT2D eigenvalue weighted by molar-refractivity contribution is -0.134. The topological polar surface area (TPSA) is 71.1 Å². The Labute approximate surface area is 166 Å². The molecule has 1 atom stereocenters. The number of amides is 3. The molecule has 2 saturated heterocycles. The summed E-state index contributed by atoms with van der Waals surface area (Å²) in [6.07, 6.45) is 6.59. The lowest BCUT2D eigenvalue weighted by Crippen LogP contribution is -2.49. The highest BCUT2D eigenvalue weighted by Crippen LogP contribution is 2.40. The Morgan fingerprint density at radius 2 is 1.89 bits per heavy atom. The Morgan fingerprint density at radius 1 is 1.11 bits per heavy atom. The molecule has 4 rings (SSSR count). The number of ether oxygens (including phenoxy) is 2. The Morgan fingerprint density at radius 3 is 2.61 bits per heavy atom. The first-order valence-corrected chi connectivity index (χ1v) is 10.2. The van der Waals surface area contributed by atoms with E-state index in [0.29, 0.717) is 6.67 Å². The standard InChI is InChI=1S/C21H29N3O4/c1-27-15-8-9-18(28-2)16(13-15)17-7-6-12-23(17)14-24-19(25)21(22-20(24)26)10-4-3-5-11-21/h8-9,13,17H,3-7,10-12,14H2,1-2H3,(H,22,26)/t17-/m1/s1. The monoisotopic (exact) mass is 387 g/mol. The maximum atomic E-state index is 13.1. The van der Waals surface area contributed by atoms with Crippen LogP contribution in [0.15, 0.2) is 18.2 Å². The molecule has 2 aliphatic heterocycles. The van der Waals surface area contributed by atoms with Gasteiger partial charge in [-0.15, -0.1) is 0 Å². The number of likely N-dealkylation sites (tertiary alicyclic amines) is 1. The van der Waals surface area contributed by atoms with Gasteiger partial charge in [0.05, 0.1) is 20.9 Å². The lowest BCUT2D eigenvalue weighted by atomic mass is 9.82. The molecule has 3 fully saturated rings. The summed E-state index contributed by atoms with van der Waals surface area (Å²) < 4.78 is 11.0. The fourth-order valence-corrected chi connectivity index (χ4v) is 4.93. The zero-order valence-corrected chi connectivity index (χ0v) is 16.7. The molecule has 0 bridgehead atoms. The van der Waals surface area contributed by atoms with Gasteiger partial charge in [-0.05, 0) is 43.9 Å². The van der Waals surface area contributed by atoms with E-state index in [-0.39, 0.29) is 18.0 Å². The lowest BCUT2D eigenvalue weighted by Gasteiger charge is -2.32. The van der Waals surface area contributed by atoms with E-state index in [0.717, 1.165) is 68.6 Å². The molecule has 1 N–H and O–H groups in total. The highest BCUT2D eigenvalue weighted by molar-refractivity contribution is 6.07. The first-order chi connectivity index (χ1) is 13.6. The van der Waals surface area contributed by atoms with Crippen molar-refractivity contribution in [1.29, 1.82) is 0 Å². The van der Waals surface area contributed by atoms with Gasteiger partial charge in [0.25, 0.3) is 5.91 Å². The van der Waals surface area contributed by atoms with E-state index in [1.165, 1.54) is 4.90 Å². The van der Waals surface area contributed by atoms with Gasteiger partial charge in [-0.1, -0.05) is 19.3 Å². The van der Waals surface area contributed by atoms with E-state index in [4.69, 9.17) is 9.47 Å². The summed E-state index contributed by atoms with van der Waals surface area (Å²) in [7, 11) is 3.31. The zero-order chi connectivity index (χ0) is 19.7. The molecule has 152 valence electrons. The van der Waals surface area contributed by atoms with Crippen molar-refractivity contribution in [2.45, 2.75) is 56.5 Å². The normalized spacial score (nSPS) is 24.6. The van der Waals surface area contributed by atoms with Crippen molar-refractivity contribution >= 4 is 11.9 Å². The highest BCUT2D eigenvalue weighted by atomic mass is 16.5. The summed E-state index contributed by atoms with van der Waals surface area (Å²) in [5, 5.41) is 3.00. The molecule has 28 heavy (non-hydrogen) atoms. The number of urea groups is 1. The summed E-state index contributed by atoms with van der Waals surface area (Å²) >= 11 is 0. The zero-order valence-electron chi connectivity index (χ0n) is 16.7. The van der Waals surface area contributed by atoms with Crippen molar-refractivity contribution < 1.29 is 19.1 Å². The van der Waals surface area contributed by atoms with E-state index < -0.39 is 5.54 Å². The third kappa shape index (κ3) is 3.21. The van der Waals surface area contributed by atoms with E-state index in [2.05, 4.69) is 10.2 Å². The summed E-state index contributed by atoms with van der Waals surface area (Å²) in [6.45, 7) is 1.16. The van der Waals surface area contributed by atoms with E-state index in [1.54, 1.807) is 14.2 Å². The van der Waals surface area contributed by atoms with Crippen LogP contribution < -0.4 is 14.8 Å². The Balaban J connectivity index is 1.55. The van der Waals surface area contributed by atoms with Crippen LogP contribution in [0.3, 0.4) is 0 Å². The number of carbonyl (C=O) groups is 2. The summed E-state index contributed by atoms with van der Waals surface area (Å²) in [6, 6.07) is 5.63. The second-order valence-corrected chi connectivity index (χ2v) is 8.03. The fraction of sp³-hybridized carbons (Fsp3) is 0.619. The largest absolute Gasteiger partial charge is 0.497 e. The number of nitrogens with zero attached hydrogens (tertiary/aromatic N) is 2. The third-order valence-electron chi connectivity index (χ3n) is 6.44. The predicted molar refractivity (Wildman–Crippen MR) is 104 cm³/mol. The third-order valence-corrected chi connectivity index (χ3v) is 6.44. The van der Waals surface area contributed by atoms with Crippen LogP contribution in [0.2, 0.25) is 0 Å². The van der Waals surface area contributed by atoms with Gasteiger partial charge >= 0.3 is 6.03 Å². The van der Waals surface area contributed by atoms with Gasteiger partial charge in [-0.25, -0.2) is 9.69 Å². The van der Waals surface area contributed by atoms with Gasteiger partial charge in [-0.2, -0.15) is 0 Å². The number of hydrogen-bond acceptors (Lipinski definition) is 5. The van der Waals surface area contributed by atoms with Gasteiger partial charge in [-0.3, -0.25) is 9.69 Å². The second kappa shape index (κ2) is 7.62. The number of imide groups is 1. The van der Waals surface area contributed by atoms with Gasteiger partial charge in [0.2, 0.25) is 0 Å². The van der Waals surface area contributed by atoms with Crippen LogP contribution >= 0.6 is 0 Å². The molecule has 0 radical (unpaired) electrons. The molecule has 1 spiro atoms. The minimum absolute atomic E-state index is 0.0551. The van der Waals surface area contributed by atoms with Crippen molar-refractivity contribution in [2.75, 3.05) is 27.4 Å². The van der Waals surface area contributed by atoms with Crippen molar-refractivity contribution in [2.24, 2.45) is 0 Å². The molecule has 1 aromatic carbocycles. The average molecular weight is 387 g/mol. The van der Waals surface area contributed by atoms with Crippen LogP contribution in [0.25, 0.3) is 0 Å². The van der Waals surface area contributed by atoms with E-state index in [9.17, 15) is 9.59 Å². The van der Waals surface area contributed by atoms with Crippen molar-refractivity contribution in [3.05, 3.63) is 23.8 Å². The number of rotatable bonds is 5. The van der Waals surface area contributed by atoms with Gasteiger partial charge in [0.15, 0.2) is 0 Å². The molecule has 7 nitrogen and oxygen atoms in total. The molecule has 1 aliphatic carbocycles. The molecule has 3 amide bonds. The fourth-order valence-electron chi connectivity index (χ4n) is 4.93. The molecular weight excluding hydrogens is 358 g/mol. The molecular formula is C21H29N3O4. The van der Waals surface area contributed by atoms with E-state index in [1.807, 2.05) is 18.2 Å². The quantitative estimate of drug-likeness (QED) is 0.787. The molecule has 1 saturated carbocycles. The Kier molecular flexibility index (Phi) is 5.19. The molecule has 2 heterocycles. The van der Waals surface area contributed by atoms with Crippen LogP contribution in [-0.2, 0) is 4.79 Å². The minimum Gasteiger partial charge on any atom is -0.497 e. The molecule has 0 aromatic heterocycles. The number of nitrogens with one attached hydrogen (secondary N) is 1. The maximum absolute atomic E-state index is 13.1. The van der Waals surface area contributed by atoms with Crippen LogP contribution in [0.5, 0.6) is 11.5 Å². The van der Waals surface area contributed by atoms with Crippen molar-refractivity contribution in [3.63, 3.8) is 0 Å². The van der Waals surface area contributed by atoms with Crippen LogP contribution in [0.4, 0.5) is 4.79 Å². The number of benzene rings is 1. The Bertz CT molecular complexity index is 760. The summed E-state index contributed by atoms with van der Waals surface area (Å²) in [5.74, 6) is 1.53. The molecule has 0 unspecified atom stereocenters. The number of carbonyl (C=O) groups excluding carboxylic acids is 2. The summed E-state index contributed by atoms with van der Waals surface area (Å²) in [5.41, 5.74) is 0.372. The molecule has 7 heteroatoms. The van der Waals surface area contributed by atoms with Crippen LogP contribution in [0.1, 0.15) is 56.6 Å². The van der Waals surface area contributed by atoms with Gasteiger partial charge in [0.1, 0.15) is 17.0 Å². The number of methoxy groups -OCH3 is 2. The first kappa shape index (κ1) is 19.1. The minimum atomic E-state index is -0.668. The van der Waals surface area contributed by atoms with Crippen molar-refractivity contribution in [1.82, 2.24) is 15.1 Å². The SMILES string of the molecule is COc1ccc(OC)c([C@H]2CCCN2CN2C(=O)NC3(CCCCC3)C2=O)c1. The maximum Gasteiger partial charge on any atom is 0.326 e. The molecule has 1 aromatic rings. The smallest absolute Gasteiger partial charge is 0.326 e. The van der Waals surface area contributed by atoms with Crippen LogP contribution in [0, 0.1) is 0 Å².